The van der Waals surface area contributed by atoms with Crippen LogP contribution in [0.1, 0.15) is 24.2 Å². The van der Waals surface area contributed by atoms with E-state index in [1.807, 2.05) is 0 Å². The SMILES string of the molecule is Cc1ccc2cc3n(c2c1Cl)[C@H](C)CNC3. The summed E-state index contributed by atoms with van der Waals surface area (Å²) in [6.07, 6.45) is 0. The molecule has 3 heteroatoms. The first kappa shape index (κ1) is 10.2. The molecule has 1 N–H and O–H groups in total. The van der Waals surface area contributed by atoms with Crippen molar-refractivity contribution in [3.8, 4) is 0 Å². The van der Waals surface area contributed by atoms with Gasteiger partial charge in [0.25, 0.3) is 0 Å². The molecule has 0 unspecified atom stereocenters. The lowest BCUT2D eigenvalue weighted by Gasteiger charge is -2.25. The van der Waals surface area contributed by atoms with Gasteiger partial charge in [-0.15, -0.1) is 0 Å². The van der Waals surface area contributed by atoms with E-state index in [1.165, 1.54) is 16.6 Å². The lowest BCUT2D eigenvalue weighted by atomic mass is 10.2. The van der Waals surface area contributed by atoms with Crippen LogP contribution < -0.4 is 5.32 Å². The molecule has 1 aromatic carbocycles. The Labute approximate surface area is 100 Å². The van der Waals surface area contributed by atoms with Crippen molar-refractivity contribution in [1.82, 2.24) is 9.88 Å². The summed E-state index contributed by atoms with van der Waals surface area (Å²) >= 11 is 6.43. The van der Waals surface area contributed by atoms with Gasteiger partial charge in [-0.3, -0.25) is 0 Å². The van der Waals surface area contributed by atoms with Crippen LogP contribution in [0.3, 0.4) is 0 Å². The molecule has 0 amide bonds. The lowest BCUT2D eigenvalue weighted by Crippen LogP contribution is -2.30. The van der Waals surface area contributed by atoms with E-state index < -0.39 is 0 Å². The Kier molecular flexibility index (Phi) is 2.23. The van der Waals surface area contributed by atoms with Gasteiger partial charge in [-0.25, -0.2) is 0 Å². The molecule has 1 atom stereocenters. The minimum Gasteiger partial charge on any atom is -0.338 e. The summed E-state index contributed by atoms with van der Waals surface area (Å²) in [5, 5.41) is 5.57. The third-order valence-corrected chi connectivity index (χ3v) is 3.88. The summed E-state index contributed by atoms with van der Waals surface area (Å²) in [6.45, 7) is 6.25. The summed E-state index contributed by atoms with van der Waals surface area (Å²) in [5.41, 5.74) is 3.69. The number of nitrogens with one attached hydrogen (secondary N) is 1. The minimum absolute atomic E-state index is 0.473. The maximum absolute atomic E-state index is 6.43. The first-order valence-electron chi connectivity index (χ1n) is 5.68. The van der Waals surface area contributed by atoms with E-state index in [4.69, 9.17) is 11.6 Å². The lowest BCUT2D eigenvalue weighted by molar-refractivity contribution is 0.439. The molecule has 2 heterocycles. The monoisotopic (exact) mass is 234 g/mol. The van der Waals surface area contributed by atoms with E-state index in [2.05, 4.69) is 41.9 Å². The molecule has 1 aliphatic rings. The van der Waals surface area contributed by atoms with Crippen molar-refractivity contribution >= 4 is 22.5 Å². The van der Waals surface area contributed by atoms with Crippen LogP contribution in [0.4, 0.5) is 0 Å². The smallest absolute Gasteiger partial charge is 0.0678 e. The van der Waals surface area contributed by atoms with Crippen LogP contribution in [0.25, 0.3) is 10.9 Å². The van der Waals surface area contributed by atoms with Crippen LogP contribution in [0.15, 0.2) is 18.2 Å². The van der Waals surface area contributed by atoms with Crippen LogP contribution in [0, 0.1) is 6.92 Å². The highest BCUT2D eigenvalue weighted by Gasteiger charge is 2.20. The van der Waals surface area contributed by atoms with Crippen molar-refractivity contribution < 1.29 is 0 Å². The number of hydrogen-bond donors (Lipinski definition) is 1. The van der Waals surface area contributed by atoms with Gasteiger partial charge in [0.05, 0.1) is 10.5 Å². The van der Waals surface area contributed by atoms with Gasteiger partial charge in [0.15, 0.2) is 0 Å². The summed E-state index contributed by atoms with van der Waals surface area (Å²) in [7, 11) is 0. The van der Waals surface area contributed by atoms with Crippen molar-refractivity contribution in [3.63, 3.8) is 0 Å². The number of aromatic nitrogens is 1. The predicted molar refractivity (Wildman–Crippen MR) is 68.1 cm³/mol. The topological polar surface area (TPSA) is 17.0 Å². The summed E-state index contributed by atoms with van der Waals surface area (Å²) < 4.78 is 2.38. The second kappa shape index (κ2) is 3.51. The van der Waals surface area contributed by atoms with Gasteiger partial charge in [0.1, 0.15) is 0 Å². The van der Waals surface area contributed by atoms with Gasteiger partial charge in [-0.05, 0) is 25.5 Å². The molecule has 0 spiro atoms. The zero-order chi connectivity index (χ0) is 11.3. The highest BCUT2D eigenvalue weighted by atomic mass is 35.5. The first-order chi connectivity index (χ1) is 7.68. The number of benzene rings is 1. The van der Waals surface area contributed by atoms with Gasteiger partial charge in [-0.1, -0.05) is 23.7 Å². The maximum atomic E-state index is 6.43. The zero-order valence-electron chi connectivity index (χ0n) is 9.55. The van der Waals surface area contributed by atoms with Crippen LogP contribution in [0.5, 0.6) is 0 Å². The van der Waals surface area contributed by atoms with Crippen molar-refractivity contribution in [2.24, 2.45) is 0 Å². The second-order valence-electron chi connectivity index (χ2n) is 4.62. The molecule has 0 saturated carbocycles. The first-order valence-corrected chi connectivity index (χ1v) is 6.06. The number of aryl methyl sites for hydroxylation is 1. The van der Waals surface area contributed by atoms with Crippen molar-refractivity contribution in [3.05, 3.63) is 34.5 Å². The molecule has 84 valence electrons. The normalized spacial score (nSPS) is 20.1. The van der Waals surface area contributed by atoms with Crippen molar-refractivity contribution in [2.45, 2.75) is 26.4 Å². The maximum Gasteiger partial charge on any atom is 0.0678 e. The summed E-state index contributed by atoms with van der Waals surface area (Å²) in [6, 6.07) is 6.97. The van der Waals surface area contributed by atoms with Gasteiger partial charge in [0.2, 0.25) is 0 Å². The second-order valence-corrected chi connectivity index (χ2v) is 5.00. The number of fused-ring (bicyclic) bond motifs is 3. The third-order valence-electron chi connectivity index (χ3n) is 3.40. The highest BCUT2D eigenvalue weighted by Crippen LogP contribution is 2.33. The molecular formula is C13H15ClN2. The van der Waals surface area contributed by atoms with Crippen LogP contribution in [-0.4, -0.2) is 11.1 Å². The summed E-state index contributed by atoms with van der Waals surface area (Å²) in [4.78, 5) is 0. The Bertz CT molecular complexity index is 557. The molecular weight excluding hydrogens is 220 g/mol. The van der Waals surface area contributed by atoms with Crippen LogP contribution in [-0.2, 0) is 6.54 Å². The van der Waals surface area contributed by atoms with E-state index >= 15 is 0 Å². The Morgan fingerprint density at radius 3 is 3.06 bits per heavy atom. The standard InChI is InChI=1S/C13H15ClN2/c1-8-3-4-10-5-11-7-15-6-9(2)16(11)13(10)12(8)14/h3-5,9,15H,6-7H2,1-2H3/t9-/m1/s1. The molecule has 1 aromatic heterocycles. The number of halogens is 1. The molecule has 0 radical (unpaired) electrons. The third kappa shape index (κ3) is 1.30. The molecule has 0 fully saturated rings. The molecule has 2 aromatic rings. The van der Waals surface area contributed by atoms with Gasteiger partial charge in [0, 0.05) is 30.2 Å². The quantitative estimate of drug-likeness (QED) is 0.741. The molecule has 0 aliphatic carbocycles. The largest absolute Gasteiger partial charge is 0.338 e. The molecule has 1 aliphatic heterocycles. The Morgan fingerprint density at radius 1 is 1.44 bits per heavy atom. The van der Waals surface area contributed by atoms with E-state index in [9.17, 15) is 0 Å². The Morgan fingerprint density at radius 2 is 2.25 bits per heavy atom. The molecule has 3 rings (SSSR count). The molecule has 0 bridgehead atoms. The minimum atomic E-state index is 0.473. The average Bonchev–Trinajstić information content (AvgIpc) is 2.64. The average molecular weight is 235 g/mol. The fraction of sp³-hybridized carbons (Fsp3) is 0.385. The molecule has 0 saturated heterocycles. The van der Waals surface area contributed by atoms with Crippen molar-refractivity contribution in [1.29, 1.82) is 0 Å². The van der Waals surface area contributed by atoms with Gasteiger partial charge >= 0.3 is 0 Å². The zero-order valence-corrected chi connectivity index (χ0v) is 10.3. The van der Waals surface area contributed by atoms with Gasteiger partial charge in [-0.2, -0.15) is 0 Å². The molecule has 16 heavy (non-hydrogen) atoms. The van der Waals surface area contributed by atoms with E-state index in [0.29, 0.717) is 6.04 Å². The Balaban J connectivity index is 2.40. The number of nitrogens with zero attached hydrogens (tertiary/aromatic N) is 1. The van der Waals surface area contributed by atoms with Crippen LogP contribution in [0.2, 0.25) is 5.02 Å². The highest BCUT2D eigenvalue weighted by molar-refractivity contribution is 6.36. The van der Waals surface area contributed by atoms with E-state index in [0.717, 1.165) is 23.7 Å². The number of hydrogen-bond acceptors (Lipinski definition) is 1. The van der Waals surface area contributed by atoms with E-state index in [1.54, 1.807) is 0 Å². The summed E-state index contributed by atoms with van der Waals surface area (Å²) in [5.74, 6) is 0. The number of rotatable bonds is 0. The van der Waals surface area contributed by atoms with Gasteiger partial charge < -0.3 is 9.88 Å². The predicted octanol–water partition coefficient (Wildman–Crippen LogP) is 3.27. The van der Waals surface area contributed by atoms with Crippen LogP contribution >= 0.6 is 11.6 Å². The Hall–Kier alpha value is -0.990. The molecule has 2 nitrogen and oxygen atoms in total. The fourth-order valence-electron chi connectivity index (χ4n) is 2.57. The van der Waals surface area contributed by atoms with E-state index in [-0.39, 0.29) is 0 Å². The van der Waals surface area contributed by atoms with Crippen molar-refractivity contribution in [2.75, 3.05) is 6.54 Å². The fourth-order valence-corrected chi connectivity index (χ4v) is 2.84.